The van der Waals surface area contributed by atoms with Crippen LogP contribution in [-0.2, 0) is 0 Å². The van der Waals surface area contributed by atoms with E-state index in [4.69, 9.17) is 0 Å². The quantitative estimate of drug-likeness (QED) is 0.403. The van der Waals surface area contributed by atoms with Crippen LogP contribution in [0.4, 0.5) is 0 Å². The molecular formula is C12H22. The Labute approximate surface area is 77.4 Å². The summed E-state index contributed by atoms with van der Waals surface area (Å²) >= 11 is 0. The summed E-state index contributed by atoms with van der Waals surface area (Å²) in [6, 6.07) is 0. The van der Waals surface area contributed by atoms with Crippen molar-refractivity contribution in [3.8, 4) is 0 Å². The maximum absolute atomic E-state index is 3.90. The minimum atomic E-state index is 1.20. The largest absolute Gasteiger partial charge is 0.0959 e. The van der Waals surface area contributed by atoms with Crippen molar-refractivity contribution in [3.05, 3.63) is 23.8 Å². The SMILES string of the molecule is C=C(C)/C(C)=C/CCCCCC. The summed E-state index contributed by atoms with van der Waals surface area (Å²) in [5.41, 5.74) is 2.55. The lowest BCUT2D eigenvalue weighted by molar-refractivity contribution is 0.673. The zero-order chi connectivity index (χ0) is 9.40. The topological polar surface area (TPSA) is 0 Å². The molecular weight excluding hydrogens is 144 g/mol. The van der Waals surface area contributed by atoms with Crippen molar-refractivity contribution >= 4 is 0 Å². The van der Waals surface area contributed by atoms with Gasteiger partial charge in [-0.15, -0.1) is 0 Å². The van der Waals surface area contributed by atoms with Crippen LogP contribution in [0.3, 0.4) is 0 Å². The summed E-state index contributed by atoms with van der Waals surface area (Å²) in [5.74, 6) is 0. The molecule has 0 unspecified atom stereocenters. The molecule has 0 nitrogen and oxygen atoms in total. The lowest BCUT2D eigenvalue weighted by atomic mass is 10.1. The first-order chi connectivity index (χ1) is 5.68. The Balaban J connectivity index is 3.40. The standard InChI is InChI=1S/C12H22/c1-5-6-7-8-9-10-12(4)11(2)3/h10H,2,5-9H2,1,3-4H3/b12-10+. The highest BCUT2D eigenvalue weighted by Gasteiger charge is 1.89. The van der Waals surface area contributed by atoms with E-state index in [-0.39, 0.29) is 0 Å². The van der Waals surface area contributed by atoms with Crippen molar-refractivity contribution in [3.63, 3.8) is 0 Å². The summed E-state index contributed by atoms with van der Waals surface area (Å²) in [5, 5.41) is 0. The van der Waals surface area contributed by atoms with Crippen LogP contribution in [0.2, 0.25) is 0 Å². The fraction of sp³-hybridized carbons (Fsp3) is 0.667. The van der Waals surface area contributed by atoms with Crippen molar-refractivity contribution in [2.24, 2.45) is 0 Å². The first-order valence-electron chi connectivity index (χ1n) is 5.01. The molecule has 0 saturated carbocycles. The Morgan fingerprint density at radius 1 is 1.17 bits per heavy atom. The molecule has 0 bridgehead atoms. The lowest BCUT2D eigenvalue weighted by Gasteiger charge is -1.99. The molecule has 0 aliphatic rings. The van der Waals surface area contributed by atoms with Gasteiger partial charge >= 0.3 is 0 Å². The molecule has 0 radical (unpaired) electrons. The summed E-state index contributed by atoms with van der Waals surface area (Å²) in [7, 11) is 0. The first-order valence-corrected chi connectivity index (χ1v) is 5.01. The summed E-state index contributed by atoms with van der Waals surface area (Å²) < 4.78 is 0. The van der Waals surface area contributed by atoms with Crippen molar-refractivity contribution in [2.45, 2.75) is 52.9 Å². The molecule has 0 spiro atoms. The first kappa shape index (κ1) is 11.5. The van der Waals surface area contributed by atoms with E-state index in [2.05, 4.69) is 33.4 Å². The average molecular weight is 166 g/mol. The molecule has 0 heteroatoms. The van der Waals surface area contributed by atoms with Gasteiger partial charge in [0.1, 0.15) is 0 Å². The van der Waals surface area contributed by atoms with Gasteiger partial charge in [-0.1, -0.05) is 50.0 Å². The van der Waals surface area contributed by atoms with Crippen molar-refractivity contribution < 1.29 is 0 Å². The van der Waals surface area contributed by atoms with Gasteiger partial charge < -0.3 is 0 Å². The van der Waals surface area contributed by atoms with Gasteiger partial charge in [-0.25, -0.2) is 0 Å². The molecule has 0 aromatic rings. The van der Waals surface area contributed by atoms with E-state index in [9.17, 15) is 0 Å². The zero-order valence-electron chi connectivity index (χ0n) is 8.82. The number of hydrogen-bond donors (Lipinski definition) is 0. The van der Waals surface area contributed by atoms with Gasteiger partial charge in [0.2, 0.25) is 0 Å². The monoisotopic (exact) mass is 166 g/mol. The van der Waals surface area contributed by atoms with Gasteiger partial charge in [0.15, 0.2) is 0 Å². The fourth-order valence-electron chi connectivity index (χ4n) is 1.06. The van der Waals surface area contributed by atoms with Crippen LogP contribution in [-0.4, -0.2) is 0 Å². The third-order valence-electron chi connectivity index (χ3n) is 2.18. The van der Waals surface area contributed by atoms with Gasteiger partial charge in [-0.05, 0) is 26.7 Å². The minimum Gasteiger partial charge on any atom is -0.0959 e. The van der Waals surface area contributed by atoms with Gasteiger partial charge in [0.05, 0.1) is 0 Å². The Morgan fingerprint density at radius 2 is 1.83 bits per heavy atom. The summed E-state index contributed by atoms with van der Waals surface area (Å²) in [4.78, 5) is 0. The highest BCUT2D eigenvalue weighted by Crippen LogP contribution is 2.09. The number of allylic oxidation sites excluding steroid dienone is 3. The normalized spacial score (nSPS) is 11.8. The Hall–Kier alpha value is -0.520. The molecule has 0 amide bonds. The van der Waals surface area contributed by atoms with E-state index in [0.29, 0.717) is 0 Å². The third-order valence-corrected chi connectivity index (χ3v) is 2.18. The van der Waals surface area contributed by atoms with Gasteiger partial charge in [0, 0.05) is 0 Å². The Morgan fingerprint density at radius 3 is 2.33 bits per heavy atom. The van der Waals surface area contributed by atoms with Gasteiger partial charge in [0.25, 0.3) is 0 Å². The molecule has 0 aliphatic heterocycles. The second-order valence-electron chi connectivity index (χ2n) is 3.52. The molecule has 0 N–H and O–H groups in total. The Bertz CT molecular complexity index is 151. The summed E-state index contributed by atoms with van der Waals surface area (Å²) in [6.07, 6.45) is 8.93. The molecule has 12 heavy (non-hydrogen) atoms. The Kier molecular flexibility index (Phi) is 6.84. The van der Waals surface area contributed by atoms with Gasteiger partial charge in [-0.3, -0.25) is 0 Å². The lowest BCUT2D eigenvalue weighted by Crippen LogP contribution is -1.78. The number of rotatable bonds is 6. The second-order valence-corrected chi connectivity index (χ2v) is 3.52. The van der Waals surface area contributed by atoms with Crippen LogP contribution in [0.5, 0.6) is 0 Å². The van der Waals surface area contributed by atoms with Crippen LogP contribution < -0.4 is 0 Å². The molecule has 0 saturated heterocycles. The molecule has 0 atom stereocenters. The van der Waals surface area contributed by atoms with E-state index < -0.39 is 0 Å². The fourth-order valence-corrected chi connectivity index (χ4v) is 1.06. The molecule has 0 fully saturated rings. The highest BCUT2D eigenvalue weighted by molar-refractivity contribution is 5.23. The van der Waals surface area contributed by atoms with Crippen LogP contribution in [0, 0.1) is 0 Å². The van der Waals surface area contributed by atoms with Crippen LogP contribution in [0.1, 0.15) is 52.9 Å². The van der Waals surface area contributed by atoms with Crippen molar-refractivity contribution in [2.75, 3.05) is 0 Å². The molecule has 0 aromatic carbocycles. The number of unbranched alkanes of at least 4 members (excludes halogenated alkanes) is 4. The predicted octanol–water partition coefficient (Wildman–Crippen LogP) is 4.48. The molecule has 0 heterocycles. The van der Waals surface area contributed by atoms with Crippen LogP contribution in [0.15, 0.2) is 23.8 Å². The smallest absolute Gasteiger partial charge is 0.0345 e. The molecule has 0 rings (SSSR count). The second kappa shape index (κ2) is 7.15. The maximum Gasteiger partial charge on any atom is -0.0345 e. The van der Waals surface area contributed by atoms with Crippen LogP contribution >= 0.6 is 0 Å². The molecule has 0 aromatic heterocycles. The van der Waals surface area contributed by atoms with E-state index in [1.54, 1.807) is 0 Å². The van der Waals surface area contributed by atoms with Crippen molar-refractivity contribution in [1.29, 1.82) is 0 Å². The third kappa shape index (κ3) is 6.21. The summed E-state index contributed by atoms with van der Waals surface area (Å²) in [6.45, 7) is 10.4. The zero-order valence-corrected chi connectivity index (χ0v) is 8.82. The predicted molar refractivity (Wildman–Crippen MR) is 57.3 cm³/mol. The van der Waals surface area contributed by atoms with E-state index >= 15 is 0 Å². The van der Waals surface area contributed by atoms with Crippen molar-refractivity contribution in [1.82, 2.24) is 0 Å². The van der Waals surface area contributed by atoms with E-state index in [0.717, 1.165) is 0 Å². The number of hydrogen-bond acceptors (Lipinski definition) is 0. The van der Waals surface area contributed by atoms with Gasteiger partial charge in [-0.2, -0.15) is 0 Å². The van der Waals surface area contributed by atoms with E-state index in [1.165, 1.54) is 43.3 Å². The minimum absolute atomic E-state index is 1.20. The molecule has 0 aliphatic carbocycles. The average Bonchev–Trinajstić information content (AvgIpc) is 2.03. The highest BCUT2D eigenvalue weighted by atomic mass is 14.0. The van der Waals surface area contributed by atoms with Crippen LogP contribution in [0.25, 0.3) is 0 Å². The molecule has 70 valence electrons. The maximum atomic E-state index is 3.90. The van der Waals surface area contributed by atoms with E-state index in [1.807, 2.05) is 0 Å².